The Morgan fingerprint density at radius 3 is 2.58 bits per heavy atom. The lowest BCUT2D eigenvalue weighted by atomic mass is 9.77. The molecule has 0 spiro atoms. The molecule has 0 bridgehead atoms. The number of hydrogen-bond donors (Lipinski definition) is 2. The Morgan fingerprint density at radius 2 is 2.00 bits per heavy atom. The Morgan fingerprint density at radius 1 is 1.37 bits per heavy atom. The fourth-order valence-electron chi connectivity index (χ4n) is 2.91. The number of nitrogens with one attached hydrogen (secondary N) is 1. The number of pyridine rings is 1. The van der Waals surface area contributed by atoms with Crippen molar-refractivity contribution in [2.24, 2.45) is 5.92 Å². The van der Waals surface area contributed by atoms with Crippen LogP contribution >= 0.6 is 0 Å². The molecule has 106 valence electrons. The van der Waals surface area contributed by atoms with E-state index < -0.39 is 5.60 Å². The van der Waals surface area contributed by atoms with E-state index in [2.05, 4.69) is 24.1 Å². The Balaban J connectivity index is 1.82. The van der Waals surface area contributed by atoms with Gasteiger partial charge in [0.2, 0.25) is 0 Å². The highest BCUT2D eigenvalue weighted by molar-refractivity contribution is 5.14. The Labute approximate surface area is 116 Å². The van der Waals surface area contributed by atoms with E-state index in [1.165, 1.54) is 12.0 Å². The summed E-state index contributed by atoms with van der Waals surface area (Å²) in [5, 5.41) is 14.1. The topological polar surface area (TPSA) is 45.1 Å². The van der Waals surface area contributed by atoms with Gasteiger partial charge in [-0.3, -0.25) is 4.98 Å². The second-order valence-electron chi connectivity index (χ2n) is 5.96. The third kappa shape index (κ3) is 4.02. The van der Waals surface area contributed by atoms with Crippen LogP contribution in [0.5, 0.6) is 0 Å². The molecule has 1 aliphatic carbocycles. The predicted molar refractivity (Wildman–Crippen MR) is 77.9 cm³/mol. The molecule has 3 nitrogen and oxygen atoms in total. The molecule has 2 rings (SSSR count). The SMILES string of the molecule is CCC1CCC(O)(CNC(C)c2ccncc2)CC1. The molecule has 1 unspecified atom stereocenters. The molecule has 1 saturated carbocycles. The van der Waals surface area contributed by atoms with E-state index in [0.717, 1.165) is 31.6 Å². The third-order valence-corrected chi connectivity index (χ3v) is 4.56. The van der Waals surface area contributed by atoms with Crippen LogP contribution < -0.4 is 5.32 Å². The van der Waals surface area contributed by atoms with Gasteiger partial charge in [-0.1, -0.05) is 13.3 Å². The maximum absolute atomic E-state index is 10.6. The Bertz CT molecular complexity index is 372. The van der Waals surface area contributed by atoms with Crippen LogP contribution in [0.15, 0.2) is 24.5 Å². The number of hydrogen-bond acceptors (Lipinski definition) is 3. The summed E-state index contributed by atoms with van der Waals surface area (Å²) in [5.74, 6) is 0.817. The first-order chi connectivity index (χ1) is 9.13. The maximum Gasteiger partial charge on any atom is 0.0772 e. The summed E-state index contributed by atoms with van der Waals surface area (Å²) in [6.45, 7) is 5.07. The summed E-state index contributed by atoms with van der Waals surface area (Å²) in [4.78, 5) is 4.03. The van der Waals surface area contributed by atoms with Gasteiger partial charge in [-0.2, -0.15) is 0 Å². The van der Waals surface area contributed by atoms with Crippen LogP contribution in [0.25, 0.3) is 0 Å². The highest BCUT2D eigenvalue weighted by Crippen LogP contribution is 2.33. The van der Waals surface area contributed by atoms with Gasteiger partial charge in [-0.05, 0) is 56.2 Å². The van der Waals surface area contributed by atoms with Crippen LogP contribution in [-0.4, -0.2) is 22.2 Å². The van der Waals surface area contributed by atoms with Crippen molar-refractivity contribution < 1.29 is 5.11 Å². The van der Waals surface area contributed by atoms with Crippen LogP contribution in [0, 0.1) is 5.92 Å². The minimum atomic E-state index is -0.507. The molecule has 1 fully saturated rings. The monoisotopic (exact) mass is 262 g/mol. The summed E-state index contributed by atoms with van der Waals surface area (Å²) in [6, 6.07) is 4.31. The zero-order valence-corrected chi connectivity index (χ0v) is 12.1. The van der Waals surface area contributed by atoms with E-state index in [9.17, 15) is 5.11 Å². The molecule has 3 heteroatoms. The van der Waals surface area contributed by atoms with Crippen molar-refractivity contribution in [1.29, 1.82) is 0 Å². The molecule has 0 aliphatic heterocycles. The van der Waals surface area contributed by atoms with Gasteiger partial charge in [-0.25, -0.2) is 0 Å². The van der Waals surface area contributed by atoms with Crippen molar-refractivity contribution in [1.82, 2.24) is 10.3 Å². The number of rotatable bonds is 5. The van der Waals surface area contributed by atoms with E-state index in [4.69, 9.17) is 0 Å². The first kappa shape index (κ1) is 14.5. The van der Waals surface area contributed by atoms with E-state index in [0.29, 0.717) is 6.54 Å². The Hall–Kier alpha value is -0.930. The van der Waals surface area contributed by atoms with E-state index in [1.807, 2.05) is 24.5 Å². The van der Waals surface area contributed by atoms with Gasteiger partial charge in [0.05, 0.1) is 5.60 Å². The van der Waals surface area contributed by atoms with Crippen LogP contribution in [0.2, 0.25) is 0 Å². The van der Waals surface area contributed by atoms with E-state index in [-0.39, 0.29) is 6.04 Å². The average Bonchev–Trinajstić information content (AvgIpc) is 2.47. The smallest absolute Gasteiger partial charge is 0.0772 e. The Kier molecular flexibility index (Phi) is 4.94. The quantitative estimate of drug-likeness (QED) is 0.857. The van der Waals surface area contributed by atoms with Crippen molar-refractivity contribution in [3.8, 4) is 0 Å². The van der Waals surface area contributed by atoms with Gasteiger partial charge >= 0.3 is 0 Å². The standard InChI is InChI=1S/C16H26N2O/c1-3-14-4-8-16(19,9-5-14)12-18-13(2)15-6-10-17-11-7-15/h6-7,10-11,13-14,18-19H,3-5,8-9,12H2,1-2H3. The molecular formula is C16H26N2O. The molecule has 19 heavy (non-hydrogen) atoms. The van der Waals surface area contributed by atoms with Gasteiger partial charge in [0, 0.05) is 25.0 Å². The van der Waals surface area contributed by atoms with Crippen LogP contribution in [0.1, 0.15) is 57.6 Å². The summed E-state index contributed by atoms with van der Waals surface area (Å²) in [5.41, 5.74) is 0.716. The number of aromatic nitrogens is 1. The van der Waals surface area contributed by atoms with Crippen LogP contribution in [0.3, 0.4) is 0 Å². The minimum absolute atomic E-state index is 0.260. The largest absolute Gasteiger partial charge is 0.389 e. The van der Waals surface area contributed by atoms with E-state index >= 15 is 0 Å². The maximum atomic E-state index is 10.6. The van der Waals surface area contributed by atoms with Crippen LogP contribution in [0.4, 0.5) is 0 Å². The summed E-state index contributed by atoms with van der Waals surface area (Å²) in [6.07, 6.45) is 9.07. The van der Waals surface area contributed by atoms with Gasteiger partial charge in [0.1, 0.15) is 0 Å². The number of aliphatic hydroxyl groups is 1. The summed E-state index contributed by atoms with van der Waals surface area (Å²) in [7, 11) is 0. The molecule has 1 aromatic heterocycles. The second-order valence-corrected chi connectivity index (χ2v) is 5.96. The van der Waals surface area contributed by atoms with Crippen molar-refractivity contribution in [2.45, 2.75) is 57.6 Å². The lowest BCUT2D eigenvalue weighted by Gasteiger charge is -2.36. The predicted octanol–water partition coefficient (Wildman–Crippen LogP) is 3.06. The summed E-state index contributed by atoms with van der Waals surface area (Å²) >= 11 is 0. The molecule has 1 heterocycles. The fraction of sp³-hybridized carbons (Fsp3) is 0.688. The second kappa shape index (κ2) is 6.49. The van der Waals surface area contributed by atoms with E-state index in [1.54, 1.807) is 0 Å². The normalized spacial score (nSPS) is 29.1. The van der Waals surface area contributed by atoms with Crippen molar-refractivity contribution in [3.63, 3.8) is 0 Å². The zero-order chi connectivity index (χ0) is 13.7. The number of nitrogens with zero attached hydrogens (tertiary/aromatic N) is 1. The molecule has 1 aromatic rings. The van der Waals surface area contributed by atoms with Crippen molar-refractivity contribution >= 4 is 0 Å². The zero-order valence-electron chi connectivity index (χ0n) is 12.1. The lowest BCUT2D eigenvalue weighted by molar-refractivity contribution is -0.0103. The van der Waals surface area contributed by atoms with Gasteiger partial charge in [0.25, 0.3) is 0 Å². The van der Waals surface area contributed by atoms with Gasteiger partial charge in [0.15, 0.2) is 0 Å². The molecule has 0 radical (unpaired) electrons. The molecule has 2 N–H and O–H groups in total. The summed E-state index contributed by atoms with van der Waals surface area (Å²) < 4.78 is 0. The van der Waals surface area contributed by atoms with Crippen molar-refractivity contribution in [3.05, 3.63) is 30.1 Å². The molecule has 1 atom stereocenters. The van der Waals surface area contributed by atoms with Crippen molar-refractivity contribution in [2.75, 3.05) is 6.54 Å². The highest BCUT2D eigenvalue weighted by Gasteiger charge is 2.32. The third-order valence-electron chi connectivity index (χ3n) is 4.56. The molecule has 0 amide bonds. The average molecular weight is 262 g/mol. The fourth-order valence-corrected chi connectivity index (χ4v) is 2.91. The molecule has 0 saturated heterocycles. The molecule has 1 aliphatic rings. The first-order valence-electron chi connectivity index (χ1n) is 7.48. The highest BCUT2D eigenvalue weighted by atomic mass is 16.3. The van der Waals surface area contributed by atoms with Crippen LogP contribution in [-0.2, 0) is 0 Å². The molecule has 0 aromatic carbocycles. The first-order valence-corrected chi connectivity index (χ1v) is 7.48. The van der Waals surface area contributed by atoms with Gasteiger partial charge < -0.3 is 10.4 Å². The molecular weight excluding hydrogens is 236 g/mol. The lowest BCUT2D eigenvalue weighted by Crippen LogP contribution is -2.44. The minimum Gasteiger partial charge on any atom is -0.389 e. The van der Waals surface area contributed by atoms with Gasteiger partial charge in [-0.15, -0.1) is 0 Å².